The number of aromatic carboxylic acids is 1. The second-order valence-corrected chi connectivity index (χ2v) is 9.11. The summed E-state index contributed by atoms with van der Waals surface area (Å²) in [4.78, 5) is 24.4. The fraction of sp³-hybridized carbons (Fsp3) is 0.370. The highest BCUT2D eigenvalue weighted by Crippen LogP contribution is 2.30. The molecule has 2 unspecified atom stereocenters. The van der Waals surface area contributed by atoms with Crippen molar-refractivity contribution in [3.8, 4) is 5.88 Å². The van der Waals surface area contributed by atoms with Crippen LogP contribution in [0.4, 0.5) is 13.2 Å². The van der Waals surface area contributed by atoms with Crippen LogP contribution in [-0.4, -0.2) is 38.9 Å². The lowest BCUT2D eigenvalue weighted by atomic mass is 9.92. The Balaban J connectivity index is 1.40. The molecule has 1 aliphatic rings. The lowest BCUT2D eigenvalue weighted by Crippen LogP contribution is -2.47. The van der Waals surface area contributed by atoms with Crippen molar-refractivity contribution in [2.75, 3.05) is 0 Å². The summed E-state index contributed by atoms with van der Waals surface area (Å²) >= 11 is 0. The third-order valence-corrected chi connectivity index (χ3v) is 6.25. The minimum absolute atomic E-state index is 0.0458. The van der Waals surface area contributed by atoms with Crippen molar-refractivity contribution in [3.05, 3.63) is 83.0 Å². The van der Waals surface area contributed by atoms with Crippen molar-refractivity contribution in [1.82, 2.24) is 15.1 Å². The van der Waals surface area contributed by atoms with Crippen molar-refractivity contribution in [2.45, 2.75) is 63.8 Å². The Hall–Kier alpha value is -3.86. The summed E-state index contributed by atoms with van der Waals surface area (Å²) in [5.74, 6) is -1.78. The summed E-state index contributed by atoms with van der Waals surface area (Å²) in [5.41, 5.74) is 0.0887. The Morgan fingerprint density at radius 3 is 2.47 bits per heavy atom. The molecule has 3 aromatic rings. The highest BCUT2D eigenvalue weighted by Gasteiger charge is 2.31. The van der Waals surface area contributed by atoms with Crippen LogP contribution in [0.5, 0.6) is 5.88 Å². The Labute approximate surface area is 217 Å². The monoisotopic (exact) mass is 531 g/mol. The van der Waals surface area contributed by atoms with Gasteiger partial charge in [-0.1, -0.05) is 55.3 Å². The summed E-state index contributed by atoms with van der Waals surface area (Å²) in [6.45, 7) is -0.173. The van der Waals surface area contributed by atoms with Gasteiger partial charge < -0.3 is 19.9 Å². The van der Waals surface area contributed by atoms with E-state index in [-0.39, 0.29) is 42.4 Å². The molecule has 1 aromatic heterocycles. The molecule has 1 heterocycles. The van der Waals surface area contributed by atoms with Crippen LogP contribution in [-0.2, 0) is 35.5 Å². The first-order chi connectivity index (χ1) is 18.2. The summed E-state index contributed by atoms with van der Waals surface area (Å²) in [5, 5.41) is 16.2. The molecule has 4 rings (SSSR count). The molecule has 0 bridgehead atoms. The van der Waals surface area contributed by atoms with Crippen molar-refractivity contribution in [1.29, 1.82) is 0 Å². The van der Waals surface area contributed by atoms with E-state index in [1.807, 2.05) is 30.3 Å². The number of halogens is 3. The van der Waals surface area contributed by atoms with Gasteiger partial charge in [0.1, 0.15) is 13.2 Å². The average Bonchev–Trinajstić information content (AvgIpc) is 3.30. The number of hydrogen-bond donors (Lipinski definition) is 2. The van der Waals surface area contributed by atoms with Gasteiger partial charge in [0.15, 0.2) is 5.69 Å². The standard InChI is InChI=1S/C27H28F3N3O5/c28-27(29,30)20-10-6-9-19(13-20)17-38-25-14-22(26(35)36)32-33(25)15-24(34)31-21-11-4-5-12-23(21)37-16-18-7-2-1-3-8-18/h1-3,6-10,13-14,21,23H,4-5,11-12,15-17H2,(H,31,34)(H,35,36). The number of nitrogens with one attached hydrogen (secondary N) is 1. The molecule has 1 amide bonds. The molecule has 202 valence electrons. The quantitative estimate of drug-likeness (QED) is 0.389. The molecule has 2 atom stereocenters. The fourth-order valence-corrected chi connectivity index (χ4v) is 4.36. The molecule has 1 fully saturated rings. The molecular formula is C27H28F3N3O5. The van der Waals surface area contributed by atoms with E-state index in [1.54, 1.807) is 0 Å². The first kappa shape index (κ1) is 27.2. The number of carboxylic acid groups (broad SMARTS) is 1. The topological polar surface area (TPSA) is 103 Å². The maximum absolute atomic E-state index is 13.0. The largest absolute Gasteiger partial charge is 0.476 e. The van der Waals surface area contributed by atoms with Crippen LogP contribution in [0.25, 0.3) is 0 Å². The smallest absolute Gasteiger partial charge is 0.416 e. The van der Waals surface area contributed by atoms with Crippen LogP contribution in [0.1, 0.15) is 52.9 Å². The number of benzene rings is 2. The number of ether oxygens (including phenoxy) is 2. The van der Waals surface area contributed by atoms with E-state index in [9.17, 15) is 27.9 Å². The zero-order chi connectivity index (χ0) is 27.1. The van der Waals surface area contributed by atoms with Gasteiger partial charge in [0.2, 0.25) is 11.8 Å². The van der Waals surface area contributed by atoms with Crippen molar-refractivity contribution >= 4 is 11.9 Å². The third kappa shape index (κ3) is 7.34. The molecule has 2 N–H and O–H groups in total. The lowest BCUT2D eigenvalue weighted by Gasteiger charge is -2.32. The van der Waals surface area contributed by atoms with Crippen LogP contribution in [0.2, 0.25) is 0 Å². The van der Waals surface area contributed by atoms with Crippen molar-refractivity contribution in [2.24, 2.45) is 0 Å². The minimum Gasteiger partial charge on any atom is -0.476 e. The van der Waals surface area contributed by atoms with E-state index >= 15 is 0 Å². The number of hydrogen-bond acceptors (Lipinski definition) is 5. The maximum Gasteiger partial charge on any atom is 0.416 e. The molecular weight excluding hydrogens is 503 g/mol. The van der Waals surface area contributed by atoms with E-state index in [1.165, 1.54) is 12.1 Å². The van der Waals surface area contributed by atoms with Crippen LogP contribution in [0.15, 0.2) is 60.7 Å². The van der Waals surface area contributed by atoms with Crippen molar-refractivity contribution in [3.63, 3.8) is 0 Å². The summed E-state index contributed by atoms with van der Waals surface area (Å²) < 4.78 is 51.8. The molecule has 1 saturated carbocycles. The Morgan fingerprint density at radius 1 is 1.00 bits per heavy atom. The van der Waals surface area contributed by atoms with E-state index in [0.717, 1.165) is 54.1 Å². The SMILES string of the molecule is O=C(Cn1nc(C(=O)O)cc1OCc1cccc(C(F)(F)F)c1)NC1CCCCC1OCc1ccccc1. The molecule has 1 aliphatic carbocycles. The highest BCUT2D eigenvalue weighted by atomic mass is 19.4. The molecule has 2 aromatic carbocycles. The molecule has 11 heteroatoms. The summed E-state index contributed by atoms with van der Waals surface area (Å²) in [6, 6.07) is 15.3. The lowest BCUT2D eigenvalue weighted by molar-refractivity contribution is -0.137. The van der Waals surface area contributed by atoms with E-state index < -0.39 is 23.6 Å². The van der Waals surface area contributed by atoms with Gasteiger partial charge in [-0.05, 0) is 36.1 Å². The maximum atomic E-state index is 13.0. The van der Waals surface area contributed by atoms with Gasteiger partial charge in [0, 0.05) is 6.07 Å². The van der Waals surface area contributed by atoms with Crippen LogP contribution >= 0.6 is 0 Å². The number of rotatable bonds is 10. The van der Waals surface area contributed by atoms with Gasteiger partial charge in [-0.15, -0.1) is 0 Å². The number of carboxylic acids is 1. The predicted octanol–water partition coefficient (Wildman–Crippen LogP) is 4.82. The van der Waals surface area contributed by atoms with Gasteiger partial charge in [-0.25, -0.2) is 9.48 Å². The summed E-state index contributed by atoms with van der Waals surface area (Å²) in [7, 11) is 0. The fourth-order valence-electron chi connectivity index (χ4n) is 4.36. The molecule has 0 saturated heterocycles. The Kier molecular flexibility index (Phi) is 8.67. The summed E-state index contributed by atoms with van der Waals surface area (Å²) in [6.07, 6.45) is -1.21. The van der Waals surface area contributed by atoms with Gasteiger partial charge in [0.05, 0.1) is 24.3 Å². The van der Waals surface area contributed by atoms with Crippen LogP contribution in [0.3, 0.4) is 0 Å². The van der Waals surface area contributed by atoms with Gasteiger partial charge >= 0.3 is 12.1 Å². The second kappa shape index (κ2) is 12.1. The van der Waals surface area contributed by atoms with Gasteiger partial charge in [-0.2, -0.15) is 18.3 Å². The van der Waals surface area contributed by atoms with Crippen molar-refractivity contribution < 1.29 is 37.3 Å². The number of aromatic nitrogens is 2. The Morgan fingerprint density at radius 2 is 1.74 bits per heavy atom. The van der Waals surface area contributed by atoms with Gasteiger partial charge in [0.25, 0.3) is 0 Å². The van der Waals surface area contributed by atoms with Crippen LogP contribution in [0, 0.1) is 0 Å². The van der Waals surface area contributed by atoms with Gasteiger partial charge in [-0.3, -0.25) is 4.79 Å². The molecule has 8 nitrogen and oxygen atoms in total. The normalized spacial score (nSPS) is 17.7. The molecule has 0 spiro atoms. The van der Waals surface area contributed by atoms with E-state index in [2.05, 4.69) is 10.4 Å². The Bertz CT molecular complexity index is 1250. The average molecular weight is 532 g/mol. The molecule has 38 heavy (non-hydrogen) atoms. The van der Waals surface area contributed by atoms with E-state index in [0.29, 0.717) is 6.61 Å². The number of nitrogens with zero attached hydrogens (tertiary/aromatic N) is 2. The molecule has 0 radical (unpaired) electrons. The number of alkyl halides is 3. The second-order valence-electron chi connectivity index (χ2n) is 9.11. The zero-order valence-electron chi connectivity index (χ0n) is 20.5. The van der Waals surface area contributed by atoms with Crippen LogP contribution < -0.4 is 10.1 Å². The number of carbonyl (C=O) groups excluding carboxylic acids is 1. The first-order valence-electron chi connectivity index (χ1n) is 12.2. The number of amides is 1. The minimum atomic E-state index is -4.51. The highest BCUT2D eigenvalue weighted by molar-refractivity contribution is 5.85. The first-order valence-corrected chi connectivity index (χ1v) is 12.2. The number of carbonyl (C=O) groups is 2. The third-order valence-electron chi connectivity index (χ3n) is 6.25. The predicted molar refractivity (Wildman–Crippen MR) is 130 cm³/mol. The van der Waals surface area contributed by atoms with E-state index in [4.69, 9.17) is 9.47 Å². The zero-order valence-corrected chi connectivity index (χ0v) is 20.5. The molecule has 0 aliphatic heterocycles.